The number of imidazole rings is 1. The fraction of sp³-hybridized carbons (Fsp3) is 0.182. The van der Waals surface area contributed by atoms with Gasteiger partial charge >= 0.3 is 0 Å². The number of halogens is 1. The lowest BCUT2D eigenvalue weighted by Gasteiger charge is -2.08. The van der Waals surface area contributed by atoms with Gasteiger partial charge in [-0.25, -0.2) is 4.98 Å². The number of carbonyl (C=O) groups excluding carboxylic acids is 1. The van der Waals surface area contributed by atoms with Gasteiger partial charge in [-0.15, -0.1) is 11.3 Å². The average molecular weight is 426 g/mol. The second kappa shape index (κ2) is 8.68. The number of ether oxygens (including phenoxy) is 1. The monoisotopic (exact) mass is 425 g/mol. The molecule has 2 aromatic heterocycles. The molecule has 5 nitrogen and oxygen atoms in total. The molecule has 0 spiro atoms. The third-order valence-electron chi connectivity index (χ3n) is 4.48. The van der Waals surface area contributed by atoms with Gasteiger partial charge in [-0.3, -0.25) is 9.20 Å². The number of thiazole rings is 1. The Kier molecular flexibility index (Phi) is 5.83. The lowest BCUT2D eigenvalue weighted by Crippen LogP contribution is -2.29. The van der Waals surface area contributed by atoms with Crippen LogP contribution in [-0.2, 0) is 11.2 Å². The maximum absolute atomic E-state index is 12.3. The molecule has 2 aromatic carbocycles. The first-order valence-corrected chi connectivity index (χ1v) is 10.5. The van der Waals surface area contributed by atoms with Crippen molar-refractivity contribution in [3.05, 3.63) is 76.4 Å². The Hall–Kier alpha value is -2.83. The normalized spacial score (nSPS) is 11.0. The third kappa shape index (κ3) is 4.78. The first-order valence-electron chi connectivity index (χ1n) is 9.26. The molecule has 148 valence electrons. The van der Waals surface area contributed by atoms with Crippen LogP contribution in [0.4, 0.5) is 0 Å². The van der Waals surface area contributed by atoms with Gasteiger partial charge in [-0.2, -0.15) is 0 Å². The van der Waals surface area contributed by atoms with Gasteiger partial charge in [-0.05, 0) is 31.2 Å². The minimum absolute atomic E-state index is 0.0426. The highest BCUT2D eigenvalue weighted by Gasteiger charge is 2.12. The number of nitrogens with one attached hydrogen (secondary N) is 1. The molecule has 29 heavy (non-hydrogen) atoms. The Balaban J connectivity index is 1.33. The van der Waals surface area contributed by atoms with E-state index in [0.29, 0.717) is 24.6 Å². The largest absolute Gasteiger partial charge is 0.492 e. The zero-order valence-corrected chi connectivity index (χ0v) is 17.5. The second-order valence-corrected chi connectivity index (χ2v) is 7.97. The standard InChI is InChI=1S/C22H20ClN3O2S/c1-15-2-8-19(9-3-15)28-11-10-24-21(27)12-18-14-29-22-25-20(13-26(18)22)16-4-6-17(23)7-5-16/h2-9,13-14H,10-12H2,1H3,(H,24,27). The Morgan fingerprint density at radius 3 is 2.69 bits per heavy atom. The summed E-state index contributed by atoms with van der Waals surface area (Å²) in [7, 11) is 0. The van der Waals surface area contributed by atoms with E-state index in [9.17, 15) is 4.79 Å². The van der Waals surface area contributed by atoms with Crippen LogP contribution in [0.15, 0.2) is 60.1 Å². The maximum atomic E-state index is 12.3. The van der Waals surface area contributed by atoms with Crippen LogP contribution in [0.1, 0.15) is 11.3 Å². The predicted octanol–water partition coefficient (Wildman–Crippen LogP) is 4.76. The molecule has 0 saturated heterocycles. The Labute approximate surface area is 177 Å². The number of amides is 1. The van der Waals surface area contributed by atoms with Gasteiger partial charge in [0.15, 0.2) is 4.96 Å². The highest BCUT2D eigenvalue weighted by Crippen LogP contribution is 2.25. The third-order valence-corrected chi connectivity index (χ3v) is 5.62. The second-order valence-electron chi connectivity index (χ2n) is 6.70. The van der Waals surface area contributed by atoms with E-state index in [1.807, 2.05) is 71.4 Å². The molecule has 4 aromatic rings. The fourth-order valence-electron chi connectivity index (χ4n) is 2.94. The Morgan fingerprint density at radius 2 is 1.93 bits per heavy atom. The van der Waals surface area contributed by atoms with Crippen LogP contribution in [0.25, 0.3) is 16.2 Å². The summed E-state index contributed by atoms with van der Waals surface area (Å²) in [6.45, 7) is 2.92. The summed E-state index contributed by atoms with van der Waals surface area (Å²) in [6, 6.07) is 15.4. The number of fused-ring (bicyclic) bond motifs is 1. The first-order chi connectivity index (χ1) is 14.1. The van der Waals surface area contributed by atoms with Crippen molar-refractivity contribution in [2.45, 2.75) is 13.3 Å². The van der Waals surface area contributed by atoms with Gasteiger partial charge in [-0.1, -0.05) is 41.4 Å². The number of carbonyl (C=O) groups is 1. The van der Waals surface area contributed by atoms with E-state index in [0.717, 1.165) is 27.7 Å². The Bertz CT molecular complexity index is 1120. The van der Waals surface area contributed by atoms with Crippen molar-refractivity contribution < 1.29 is 9.53 Å². The summed E-state index contributed by atoms with van der Waals surface area (Å²) < 4.78 is 7.61. The van der Waals surface area contributed by atoms with Crippen molar-refractivity contribution in [1.29, 1.82) is 0 Å². The lowest BCUT2D eigenvalue weighted by atomic mass is 10.2. The molecular weight excluding hydrogens is 406 g/mol. The minimum Gasteiger partial charge on any atom is -0.492 e. The molecule has 0 atom stereocenters. The van der Waals surface area contributed by atoms with Crippen LogP contribution in [0, 0.1) is 6.92 Å². The van der Waals surface area contributed by atoms with Crippen LogP contribution < -0.4 is 10.1 Å². The molecule has 0 bridgehead atoms. The fourth-order valence-corrected chi connectivity index (χ4v) is 3.94. The van der Waals surface area contributed by atoms with Crippen molar-refractivity contribution >= 4 is 33.8 Å². The molecule has 0 aliphatic heterocycles. The summed E-state index contributed by atoms with van der Waals surface area (Å²) in [5.41, 5.74) is 3.96. The van der Waals surface area contributed by atoms with E-state index in [2.05, 4.69) is 10.3 Å². The van der Waals surface area contributed by atoms with Gasteiger partial charge in [0.25, 0.3) is 0 Å². The number of aryl methyl sites for hydroxylation is 1. The number of benzene rings is 2. The van der Waals surface area contributed by atoms with Crippen molar-refractivity contribution in [1.82, 2.24) is 14.7 Å². The molecule has 4 rings (SSSR count). The molecule has 0 aliphatic carbocycles. The molecular formula is C22H20ClN3O2S. The minimum atomic E-state index is -0.0426. The average Bonchev–Trinajstić information content (AvgIpc) is 3.29. The number of nitrogens with zero attached hydrogens (tertiary/aromatic N) is 2. The van der Waals surface area contributed by atoms with Crippen LogP contribution >= 0.6 is 22.9 Å². The van der Waals surface area contributed by atoms with Crippen LogP contribution in [0.2, 0.25) is 5.02 Å². The molecule has 0 radical (unpaired) electrons. The SMILES string of the molecule is Cc1ccc(OCCNC(=O)Cc2csc3nc(-c4ccc(Cl)cc4)cn23)cc1. The topological polar surface area (TPSA) is 55.6 Å². The first kappa shape index (κ1) is 19.5. The van der Waals surface area contributed by atoms with Gasteiger partial charge in [0.2, 0.25) is 5.91 Å². The van der Waals surface area contributed by atoms with Gasteiger partial charge < -0.3 is 10.1 Å². The maximum Gasteiger partial charge on any atom is 0.226 e. The van der Waals surface area contributed by atoms with Crippen LogP contribution in [-0.4, -0.2) is 28.4 Å². The smallest absolute Gasteiger partial charge is 0.226 e. The van der Waals surface area contributed by atoms with Gasteiger partial charge in [0.1, 0.15) is 12.4 Å². The van der Waals surface area contributed by atoms with Gasteiger partial charge in [0.05, 0.1) is 18.7 Å². The quantitative estimate of drug-likeness (QED) is 0.434. The lowest BCUT2D eigenvalue weighted by molar-refractivity contribution is -0.120. The van der Waals surface area contributed by atoms with E-state index in [1.54, 1.807) is 0 Å². The number of aromatic nitrogens is 2. The molecule has 1 amide bonds. The van der Waals surface area contributed by atoms with Crippen molar-refractivity contribution in [3.8, 4) is 17.0 Å². The molecule has 7 heteroatoms. The van der Waals surface area contributed by atoms with E-state index in [4.69, 9.17) is 16.3 Å². The predicted molar refractivity (Wildman–Crippen MR) is 117 cm³/mol. The highest BCUT2D eigenvalue weighted by molar-refractivity contribution is 7.15. The molecule has 0 unspecified atom stereocenters. The van der Waals surface area contributed by atoms with Crippen molar-refractivity contribution in [2.24, 2.45) is 0 Å². The highest BCUT2D eigenvalue weighted by atomic mass is 35.5. The molecule has 0 fully saturated rings. The summed E-state index contributed by atoms with van der Waals surface area (Å²) in [5.74, 6) is 0.761. The van der Waals surface area contributed by atoms with E-state index in [-0.39, 0.29) is 5.91 Å². The van der Waals surface area contributed by atoms with Crippen molar-refractivity contribution in [3.63, 3.8) is 0 Å². The van der Waals surface area contributed by atoms with Crippen LogP contribution in [0.3, 0.4) is 0 Å². The molecule has 2 heterocycles. The van der Waals surface area contributed by atoms with E-state index in [1.165, 1.54) is 16.9 Å². The van der Waals surface area contributed by atoms with E-state index >= 15 is 0 Å². The summed E-state index contributed by atoms with van der Waals surface area (Å²) in [5, 5.41) is 5.57. The van der Waals surface area contributed by atoms with Crippen molar-refractivity contribution in [2.75, 3.05) is 13.2 Å². The molecule has 0 saturated carbocycles. The molecule has 1 N–H and O–H groups in total. The van der Waals surface area contributed by atoms with E-state index < -0.39 is 0 Å². The number of hydrogen-bond donors (Lipinski definition) is 1. The zero-order valence-electron chi connectivity index (χ0n) is 15.9. The number of rotatable bonds is 7. The van der Waals surface area contributed by atoms with Gasteiger partial charge in [0, 0.05) is 27.9 Å². The van der Waals surface area contributed by atoms with Crippen LogP contribution in [0.5, 0.6) is 5.75 Å². The summed E-state index contributed by atoms with van der Waals surface area (Å²) in [6.07, 6.45) is 2.25. The number of hydrogen-bond acceptors (Lipinski definition) is 4. The zero-order chi connectivity index (χ0) is 20.2. The summed E-state index contributed by atoms with van der Waals surface area (Å²) in [4.78, 5) is 17.8. The Morgan fingerprint density at radius 1 is 1.17 bits per heavy atom. The molecule has 0 aliphatic rings. The summed E-state index contributed by atoms with van der Waals surface area (Å²) >= 11 is 7.48.